The van der Waals surface area contributed by atoms with Crippen LogP contribution < -0.4 is 35.8 Å². The number of nitrogens with zero attached hydrogens (tertiary/aromatic N) is 25. The zero-order chi connectivity index (χ0) is 81.7. The average molecular weight is 1620 g/mol. The van der Waals surface area contributed by atoms with Gasteiger partial charge in [0.15, 0.2) is 85.8 Å². The maximum absolute atomic E-state index is 14.1. The SMILES string of the molecule is CC1(C)OCCn2c1nc1c(N3CC4CC3C4)nc(-c3cnc(N)nc3)cc12.CC1=CCc2ncc(-c3nc(N4CCC(F)(F)C4)c4nc5n(c4n3)CCOC5(C)C)cc21.CN(C)c1nc(-c2cnc3[nH]cc(C#N)c3c2)nc2c1nc1n2CCCOC1.Nc1ncc(-c2nc(N3CC4CC3C4)c3nc4n(c3n2)CCCOC4)cc1OC(F)F. The Bertz CT molecular complexity index is 6290. The molecular formula is C82H86F4N28O5. The molecule has 119 heavy (non-hydrogen) atoms. The number of hydrogen-bond acceptors (Lipinski definition) is 28. The van der Waals surface area contributed by atoms with Crippen LogP contribution in [0.15, 0.2) is 67.5 Å². The van der Waals surface area contributed by atoms with Gasteiger partial charge in [0.1, 0.15) is 64.9 Å². The molecule has 0 atom stereocenters. The first-order chi connectivity index (χ1) is 57.4. The molecule has 4 bridgehead atoms. The van der Waals surface area contributed by atoms with Crippen molar-refractivity contribution in [1.29, 1.82) is 5.26 Å². The van der Waals surface area contributed by atoms with Gasteiger partial charge in [-0.25, -0.2) is 83.5 Å². The minimum Gasteiger partial charge on any atom is -0.431 e. The lowest BCUT2D eigenvalue weighted by Gasteiger charge is -2.30. The quantitative estimate of drug-likeness (QED) is 0.107. The minimum atomic E-state index is -3.00. The molecule has 5 N–H and O–H groups in total. The van der Waals surface area contributed by atoms with E-state index in [2.05, 4.69) is 97.1 Å². The van der Waals surface area contributed by atoms with Gasteiger partial charge >= 0.3 is 6.61 Å². The topological polar surface area (TPSA) is 377 Å². The van der Waals surface area contributed by atoms with Crippen LogP contribution in [0.2, 0.25) is 0 Å². The number of H-pyrrole nitrogens is 1. The fraction of sp³-hybridized carbons (Fsp3) is 0.451. The second-order valence-electron chi connectivity index (χ2n) is 33.2. The maximum atomic E-state index is 14.1. The van der Waals surface area contributed by atoms with E-state index in [1.807, 2.05) is 49.5 Å². The molecule has 13 aromatic rings. The van der Waals surface area contributed by atoms with Crippen molar-refractivity contribution >= 4 is 96.2 Å². The molecule has 0 spiro atoms. The fourth-order valence-electron chi connectivity index (χ4n) is 18.0. The number of pyridine rings is 4. The molecular weight excluding hydrogens is 1530 g/mol. The van der Waals surface area contributed by atoms with Crippen molar-refractivity contribution in [2.24, 2.45) is 11.8 Å². The Labute approximate surface area is 678 Å². The highest BCUT2D eigenvalue weighted by atomic mass is 19.3. The second kappa shape index (κ2) is 29.1. The van der Waals surface area contributed by atoms with Gasteiger partial charge < -0.3 is 78.0 Å². The Morgan fingerprint density at radius 2 is 1.18 bits per heavy atom. The summed E-state index contributed by atoms with van der Waals surface area (Å²) in [5, 5.41) is 10.1. The van der Waals surface area contributed by atoms with Gasteiger partial charge in [0.05, 0.1) is 42.2 Å². The summed E-state index contributed by atoms with van der Waals surface area (Å²) in [6, 6.07) is 10.7. The van der Waals surface area contributed by atoms with Gasteiger partial charge in [0.25, 0.3) is 5.92 Å². The van der Waals surface area contributed by atoms with Crippen molar-refractivity contribution in [2.75, 3.05) is 97.8 Å². The van der Waals surface area contributed by atoms with Crippen LogP contribution in [0.5, 0.6) is 5.75 Å². The van der Waals surface area contributed by atoms with Crippen LogP contribution in [0, 0.1) is 23.2 Å². The standard InChI is InChI=1S/C23H24F2N6O.C20H21F2N7O2.C20H23N7O.C19H18N8O/c1-13-4-5-16-15(13)10-14(11-26-16)18-28-19(30-7-6-23(24,25)12-30)17-20(29-18)31-8-9-32-22(2,3)21(31)27-17;21-20(22)31-13-6-11(7-24-16(13)23)17-26-18-15(25-14-9-30-3-1-2-28(14)18)19(27-17)29-8-10-4-12(29)5-10;1-20(2)18-25-16-15(26(18)3-4-28-20)7-14(12-8-22-19(21)23-9-12)24-17(16)27-10-11-5-13(27)6-11;1-26(2)18-15-19(27-4-3-5-28-10-14(27)23-15)25-16(24-18)11-6-13-12(7-20)9-22-17(13)21-8-11/h4,10-11H,5-9,12H2,1-3H3;6-7,10,12,20H,1-5,8-9H2,(H2,23,24);7-9,11,13H,3-6,10H2,1-2H3,(H2,21,22,23);6,8-9H,3-5,10H2,1-2H3,(H,21,22). The molecule has 33 nitrogen and oxygen atoms in total. The van der Waals surface area contributed by atoms with Gasteiger partial charge in [-0.15, -0.1) is 0 Å². The summed E-state index contributed by atoms with van der Waals surface area (Å²) in [5.74, 6) is 6.47. The number of hydrogen-bond donors (Lipinski definition) is 3. The number of aromatic nitrogens is 21. The Morgan fingerprint density at radius 1 is 0.605 bits per heavy atom. The van der Waals surface area contributed by atoms with Crippen LogP contribution in [0.1, 0.15) is 120 Å². The zero-order valence-electron chi connectivity index (χ0n) is 66.7. The molecule has 22 heterocycles. The van der Waals surface area contributed by atoms with E-state index in [0.717, 1.165) is 184 Å². The third-order valence-corrected chi connectivity index (χ3v) is 24.2. The van der Waals surface area contributed by atoms with Crippen molar-refractivity contribution in [3.8, 4) is 57.2 Å². The molecule has 612 valence electrons. The van der Waals surface area contributed by atoms with Gasteiger partial charge in [0.2, 0.25) is 5.95 Å². The van der Waals surface area contributed by atoms with E-state index in [1.165, 1.54) is 30.7 Å². The van der Waals surface area contributed by atoms with E-state index >= 15 is 0 Å². The van der Waals surface area contributed by atoms with Gasteiger partial charge in [-0.2, -0.15) is 14.0 Å². The summed E-state index contributed by atoms with van der Waals surface area (Å²) in [5.41, 5.74) is 24.9. The van der Waals surface area contributed by atoms with Gasteiger partial charge in [-0.05, 0) is 120 Å². The molecule has 0 aromatic carbocycles. The molecule has 3 aliphatic carbocycles. The van der Waals surface area contributed by atoms with E-state index in [0.29, 0.717) is 115 Å². The number of rotatable bonds is 10. The molecule has 0 amide bonds. The van der Waals surface area contributed by atoms with E-state index in [1.54, 1.807) is 35.9 Å². The highest BCUT2D eigenvalue weighted by Crippen LogP contribution is 2.48. The van der Waals surface area contributed by atoms with Crippen molar-refractivity contribution in [2.45, 2.75) is 161 Å². The molecule has 7 fully saturated rings. The number of anilines is 6. The van der Waals surface area contributed by atoms with Gasteiger partial charge in [-0.3, -0.25) is 4.98 Å². The largest absolute Gasteiger partial charge is 0.431 e. The number of nitriles is 1. The van der Waals surface area contributed by atoms with Crippen LogP contribution in [-0.2, 0) is 76.0 Å². The lowest BCUT2D eigenvalue weighted by molar-refractivity contribution is -0.0532. The smallest absolute Gasteiger partial charge is 0.387 e. The first-order valence-corrected chi connectivity index (χ1v) is 40.3. The van der Waals surface area contributed by atoms with Crippen molar-refractivity contribution < 1.29 is 41.2 Å². The van der Waals surface area contributed by atoms with Crippen LogP contribution in [0.3, 0.4) is 0 Å². The first kappa shape index (κ1) is 75.5. The number of halogens is 4. The predicted octanol–water partition coefficient (Wildman–Crippen LogP) is 11.1. The number of alkyl halides is 4. The van der Waals surface area contributed by atoms with Gasteiger partial charge in [-0.1, -0.05) is 6.08 Å². The fourth-order valence-corrected chi connectivity index (χ4v) is 18.0. The molecule has 2 saturated carbocycles. The summed E-state index contributed by atoms with van der Waals surface area (Å²) in [4.78, 5) is 85.9. The molecule has 25 rings (SSSR count). The summed E-state index contributed by atoms with van der Waals surface area (Å²) >= 11 is 0. The molecule has 12 aliphatic rings. The zero-order valence-corrected chi connectivity index (χ0v) is 66.7. The van der Waals surface area contributed by atoms with E-state index in [-0.39, 0.29) is 37.0 Å². The number of nitrogen functional groups attached to an aromatic ring is 2. The summed E-state index contributed by atoms with van der Waals surface area (Å²) in [7, 11) is 3.88. The molecule has 0 unspecified atom stereocenters. The van der Waals surface area contributed by atoms with Crippen molar-refractivity contribution in [3.63, 3.8) is 0 Å². The number of allylic oxidation sites excluding steroid dienone is 2. The Hall–Kier alpha value is -12.3. The summed E-state index contributed by atoms with van der Waals surface area (Å²) < 4.78 is 90.0. The lowest BCUT2D eigenvalue weighted by Crippen LogP contribution is -2.33. The highest BCUT2D eigenvalue weighted by Gasteiger charge is 2.47. The molecule has 0 radical (unpaired) electrons. The Kier molecular flexibility index (Phi) is 18.4. The highest BCUT2D eigenvalue weighted by molar-refractivity contribution is 5.93. The van der Waals surface area contributed by atoms with E-state index in [9.17, 15) is 22.8 Å². The number of aryl methyl sites for hydroxylation is 2. The lowest BCUT2D eigenvalue weighted by atomic mass is 9.86. The third-order valence-electron chi connectivity index (χ3n) is 24.2. The van der Waals surface area contributed by atoms with Crippen molar-refractivity contribution in [3.05, 3.63) is 108 Å². The summed E-state index contributed by atoms with van der Waals surface area (Å²) in [6.45, 7) is 15.5. The first-order valence-electron chi connectivity index (χ1n) is 40.3. The van der Waals surface area contributed by atoms with Crippen LogP contribution in [0.25, 0.3) is 107 Å². The predicted molar refractivity (Wildman–Crippen MR) is 434 cm³/mol. The number of fused-ring (bicyclic) bond motifs is 16. The van der Waals surface area contributed by atoms with Crippen LogP contribution in [0.4, 0.5) is 52.6 Å². The van der Waals surface area contributed by atoms with Gasteiger partial charge in [0, 0.05) is 163 Å². The Balaban J connectivity index is 0.000000102. The number of imidazole rings is 4. The summed E-state index contributed by atoms with van der Waals surface area (Å²) in [6.07, 6.45) is 19.5. The van der Waals surface area contributed by atoms with E-state index < -0.39 is 23.7 Å². The minimum absolute atomic E-state index is 0.110. The monoisotopic (exact) mass is 1620 g/mol. The maximum Gasteiger partial charge on any atom is 0.387 e. The van der Waals surface area contributed by atoms with Crippen LogP contribution >= 0.6 is 0 Å². The van der Waals surface area contributed by atoms with E-state index in [4.69, 9.17) is 85.2 Å². The Morgan fingerprint density at radius 3 is 1.82 bits per heavy atom. The van der Waals surface area contributed by atoms with Crippen LogP contribution in [-0.4, -0.2) is 194 Å². The number of nitrogens with two attached hydrogens (primary N) is 2. The molecule has 13 aromatic heterocycles. The third kappa shape index (κ3) is 13.6. The molecule has 5 saturated heterocycles. The second-order valence-corrected chi connectivity index (χ2v) is 33.2. The van der Waals surface area contributed by atoms with Crippen molar-refractivity contribution in [1.82, 2.24) is 103 Å². The molecule has 9 aliphatic heterocycles. The number of aromatic amines is 1. The normalized spacial score (nSPS) is 20.7. The molecule has 37 heteroatoms. The number of nitrogens with one attached hydrogen (secondary N) is 1. The number of ether oxygens (including phenoxy) is 5. The average Bonchev–Trinajstić information content (AvgIpc) is 1.59.